The molecule has 0 aliphatic rings. The molecule has 1 aromatic rings. The Balaban J connectivity index is 3.17. The summed E-state index contributed by atoms with van der Waals surface area (Å²) in [5.74, 6) is -0.462. The Bertz CT molecular complexity index is 440. The molecule has 0 bridgehead atoms. The fraction of sp³-hybridized carbons (Fsp3) is 0.200. The van der Waals surface area contributed by atoms with Gasteiger partial charge < -0.3 is 4.74 Å². The maximum absolute atomic E-state index is 11.4. The first-order valence-corrected chi connectivity index (χ1v) is 5.33. The van der Waals surface area contributed by atoms with Crippen molar-refractivity contribution in [1.82, 2.24) is 0 Å². The predicted octanol–water partition coefficient (Wildman–Crippen LogP) is 3.15. The van der Waals surface area contributed by atoms with E-state index in [1.165, 1.54) is 12.1 Å². The van der Waals surface area contributed by atoms with Gasteiger partial charge in [-0.25, -0.2) is 4.79 Å². The number of benzene rings is 1. The third-order valence-corrected chi connectivity index (χ3v) is 2.64. The van der Waals surface area contributed by atoms with Gasteiger partial charge in [-0.05, 0) is 35.0 Å². The number of rotatable bonds is 2. The van der Waals surface area contributed by atoms with Crippen LogP contribution in [0.4, 0.5) is 0 Å². The zero-order chi connectivity index (χ0) is 11.4. The predicted molar refractivity (Wildman–Crippen MR) is 59.8 cm³/mol. The largest absolute Gasteiger partial charge is 0.462 e. The molecule has 1 rings (SSSR count). The molecule has 0 N–H and O–H groups in total. The van der Waals surface area contributed by atoms with Gasteiger partial charge in [0.2, 0.25) is 0 Å². The number of hydrogen-bond donors (Lipinski definition) is 0. The summed E-state index contributed by atoms with van der Waals surface area (Å²) in [6.45, 7) is 2.01. The van der Waals surface area contributed by atoms with E-state index < -0.39 is 5.97 Å². The lowest BCUT2D eigenvalue weighted by atomic mass is 10.1. The van der Waals surface area contributed by atoms with E-state index in [0.29, 0.717) is 22.2 Å². The van der Waals surface area contributed by atoms with Crippen LogP contribution in [0.25, 0.3) is 0 Å². The highest BCUT2D eigenvalue weighted by Crippen LogP contribution is 2.25. The lowest BCUT2D eigenvalue weighted by Gasteiger charge is -2.05. The Hall–Kier alpha value is -1.05. The molecular weight excluding hydrogens is 281 g/mol. The highest BCUT2D eigenvalue weighted by molar-refractivity contribution is 9.10. The molecule has 0 heterocycles. The normalized spacial score (nSPS) is 9.47. The average Bonchev–Trinajstić information content (AvgIpc) is 2.21. The summed E-state index contributed by atoms with van der Waals surface area (Å²) >= 11 is 8.98. The first kappa shape index (κ1) is 12.0. The minimum absolute atomic E-state index is 0.240. The summed E-state index contributed by atoms with van der Waals surface area (Å²) in [6, 6.07) is 4.83. The number of ether oxygens (including phenoxy) is 1. The Labute approximate surface area is 101 Å². The van der Waals surface area contributed by atoms with Gasteiger partial charge in [-0.1, -0.05) is 11.6 Å². The van der Waals surface area contributed by atoms with Gasteiger partial charge >= 0.3 is 5.97 Å². The summed E-state index contributed by atoms with van der Waals surface area (Å²) in [4.78, 5) is 11.4. The van der Waals surface area contributed by atoms with E-state index in [1.807, 2.05) is 6.07 Å². The molecule has 78 valence electrons. The molecular formula is C10H7BrClNO2. The van der Waals surface area contributed by atoms with Crippen LogP contribution in [0.5, 0.6) is 0 Å². The van der Waals surface area contributed by atoms with E-state index in [2.05, 4.69) is 15.9 Å². The van der Waals surface area contributed by atoms with Crippen molar-refractivity contribution in [3.8, 4) is 6.07 Å². The van der Waals surface area contributed by atoms with Gasteiger partial charge in [0.05, 0.1) is 22.8 Å². The van der Waals surface area contributed by atoms with Crippen molar-refractivity contribution < 1.29 is 9.53 Å². The molecule has 3 nitrogen and oxygen atoms in total. The quantitative estimate of drug-likeness (QED) is 0.786. The zero-order valence-corrected chi connectivity index (χ0v) is 10.2. The highest BCUT2D eigenvalue weighted by Gasteiger charge is 2.14. The van der Waals surface area contributed by atoms with Gasteiger partial charge in [0.25, 0.3) is 0 Å². The SMILES string of the molecule is CCOC(=O)c1cc(Cl)c(C#N)cc1Br. The Morgan fingerprint density at radius 1 is 1.67 bits per heavy atom. The second-order valence-electron chi connectivity index (χ2n) is 2.64. The van der Waals surface area contributed by atoms with Gasteiger partial charge in [-0.3, -0.25) is 0 Å². The number of halogens is 2. The molecule has 0 spiro atoms. The van der Waals surface area contributed by atoms with Crippen molar-refractivity contribution in [2.24, 2.45) is 0 Å². The second kappa shape index (κ2) is 5.15. The van der Waals surface area contributed by atoms with Gasteiger partial charge in [0.15, 0.2) is 0 Å². The monoisotopic (exact) mass is 287 g/mol. The fourth-order valence-corrected chi connectivity index (χ4v) is 1.71. The molecule has 0 fully saturated rings. The minimum Gasteiger partial charge on any atom is -0.462 e. The van der Waals surface area contributed by atoms with Crippen molar-refractivity contribution >= 4 is 33.5 Å². The van der Waals surface area contributed by atoms with Crippen LogP contribution in [0.3, 0.4) is 0 Å². The molecule has 0 unspecified atom stereocenters. The number of nitrogens with zero attached hydrogens (tertiary/aromatic N) is 1. The summed E-state index contributed by atoms with van der Waals surface area (Å²) in [7, 11) is 0. The van der Waals surface area contributed by atoms with Gasteiger partial charge in [-0.15, -0.1) is 0 Å². The van der Waals surface area contributed by atoms with E-state index in [0.717, 1.165) is 0 Å². The van der Waals surface area contributed by atoms with Crippen LogP contribution in [-0.2, 0) is 4.74 Å². The van der Waals surface area contributed by atoms with Gasteiger partial charge in [0.1, 0.15) is 6.07 Å². The lowest BCUT2D eigenvalue weighted by Crippen LogP contribution is -2.05. The smallest absolute Gasteiger partial charge is 0.339 e. The molecule has 0 aliphatic heterocycles. The van der Waals surface area contributed by atoms with Crippen LogP contribution in [0.15, 0.2) is 16.6 Å². The third kappa shape index (κ3) is 2.71. The summed E-state index contributed by atoms with van der Waals surface area (Å²) in [5.41, 5.74) is 0.637. The minimum atomic E-state index is -0.462. The molecule has 1 aromatic carbocycles. The average molecular weight is 289 g/mol. The zero-order valence-electron chi connectivity index (χ0n) is 7.88. The van der Waals surface area contributed by atoms with E-state index in [1.54, 1.807) is 6.92 Å². The second-order valence-corrected chi connectivity index (χ2v) is 3.91. The molecule has 15 heavy (non-hydrogen) atoms. The van der Waals surface area contributed by atoms with Crippen LogP contribution >= 0.6 is 27.5 Å². The molecule has 0 atom stereocenters. The van der Waals surface area contributed by atoms with Crippen LogP contribution in [0.2, 0.25) is 5.02 Å². The Morgan fingerprint density at radius 3 is 2.87 bits per heavy atom. The number of nitriles is 1. The van der Waals surface area contributed by atoms with Crippen molar-refractivity contribution in [3.63, 3.8) is 0 Å². The molecule has 0 aromatic heterocycles. The van der Waals surface area contributed by atoms with Gasteiger partial charge in [0, 0.05) is 4.47 Å². The molecule has 0 saturated heterocycles. The van der Waals surface area contributed by atoms with E-state index in [-0.39, 0.29) is 5.02 Å². The molecule has 0 amide bonds. The number of esters is 1. The summed E-state index contributed by atoms with van der Waals surface area (Å²) in [5, 5.41) is 8.94. The molecule has 5 heteroatoms. The topological polar surface area (TPSA) is 50.1 Å². The maximum atomic E-state index is 11.4. The lowest BCUT2D eigenvalue weighted by molar-refractivity contribution is 0.0525. The van der Waals surface area contributed by atoms with Crippen molar-refractivity contribution in [2.75, 3.05) is 6.61 Å². The van der Waals surface area contributed by atoms with Gasteiger partial charge in [-0.2, -0.15) is 5.26 Å². The van der Waals surface area contributed by atoms with E-state index in [4.69, 9.17) is 21.6 Å². The number of carbonyl (C=O) groups excluding carboxylic acids is 1. The van der Waals surface area contributed by atoms with Crippen LogP contribution in [0, 0.1) is 11.3 Å². The maximum Gasteiger partial charge on any atom is 0.339 e. The first-order chi connectivity index (χ1) is 7.10. The van der Waals surface area contributed by atoms with E-state index in [9.17, 15) is 4.79 Å². The Kier molecular flexibility index (Phi) is 4.13. The number of carbonyl (C=O) groups is 1. The fourth-order valence-electron chi connectivity index (χ4n) is 0.998. The Morgan fingerprint density at radius 2 is 2.33 bits per heavy atom. The third-order valence-electron chi connectivity index (χ3n) is 1.67. The molecule has 0 saturated carbocycles. The van der Waals surface area contributed by atoms with E-state index >= 15 is 0 Å². The molecule has 0 aliphatic carbocycles. The summed E-state index contributed by atoms with van der Waals surface area (Å²) in [6.07, 6.45) is 0. The first-order valence-electron chi connectivity index (χ1n) is 4.16. The summed E-state index contributed by atoms with van der Waals surface area (Å²) < 4.78 is 5.33. The number of hydrogen-bond acceptors (Lipinski definition) is 3. The van der Waals surface area contributed by atoms with Crippen molar-refractivity contribution in [1.29, 1.82) is 5.26 Å². The van der Waals surface area contributed by atoms with Crippen LogP contribution < -0.4 is 0 Å². The van der Waals surface area contributed by atoms with Crippen LogP contribution in [0.1, 0.15) is 22.8 Å². The van der Waals surface area contributed by atoms with Crippen molar-refractivity contribution in [2.45, 2.75) is 6.92 Å². The van der Waals surface area contributed by atoms with Crippen molar-refractivity contribution in [3.05, 3.63) is 32.8 Å². The standard InChI is InChI=1S/C10H7BrClNO2/c1-2-15-10(14)7-4-9(12)6(5-13)3-8(7)11/h3-4H,2H2,1H3. The van der Waals surface area contributed by atoms with Crippen LogP contribution in [-0.4, -0.2) is 12.6 Å². The highest BCUT2D eigenvalue weighted by atomic mass is 79.9. The molecule has 0 radical (unpaired) electrons.